The monoisotopic (exact) mass is 317 g/mol. The Morgan fingerprint density at radius 1 is 1.56 bits per heavy atom. The van der Waals surface area contributed by atoms with Gasteiger partial charge in [0.2, 0.25) is 0 Å². The summed E-state index contributed by atoms with van der Waals surface area (Å²) in [5, 5.41) is 8.98. The van der Waals surface area contributed by atoms with Gasteiger partial charge in [0, 0.05) is 23.1 Å². The van der Waals surface area contributed by atoms with Crippen molar-refractivity contribution in [3.8, 4) is 0 Å². The van der Waals surface area contributed by atoms with Gasteiger partial charge in [-0.3, -0.25) is 4.79 Å². The molecule has 1 aromatic rings. The second kappa shape index (κ2) is 6.85. The molecular formula is C13H17BrFNO2. The number of benzene rings is 1. The number of carboxylic acid groups (broad SMARTS) is 1. The minimum atomic E-state index is -0.806. The van der Waals surface area contributed by atoms with Crippen molar-refractivity contribution in [1.82, 2.24) is 4.90 Å². The zero-order chi connectivity index (χ0) is 13.7. The van der Waals surface area contributed by atoms with Crippen LogP contribution >= 0.6 is 15.9 Å². The van der Waals surface area contributed by atoms with E-state index in [2.05, 4.69) is 15.9 Å². The molecule has 3 nitrogen and oxygen atoms in total. The van der Waals surface area contributed by atoms with Gasteiger partial charge < -0.3 is 10.0 Å². The number of carbonyl (C=O) groups is 1. The van der Waals surface area contributed by atoms with Crippen LogP contribution in [0.15, 0.2) is 22.7 Å². The summed E-state index contributed by atoms with van der Waals surface area (Å²) in [6.07, 6.45) is 0.570. The highest BCUT2D eigenvalue weighted by Crippen LogP contribution is 2.17. The minimum Gasteiger partial charge on any atom is -0.481 e. The van der Waals surface area contributed by atoms with E-state index in [4.69, 9.17) is 5.11 Å². The van der Waals surface area contributed by atoms with Crippen molar-refractivity contribution in [2.45, 2.75) is 19.9 Å². The van der Waals surface area contributed by atoms with Crippen molar-refractivity contribution in [2.75, 3.05) is 13.6 Å². The molecule has 0 saturated carbocycles. The summed E-state index contributed by atoms with van der Waals surface area (Å²) < 4.78 is 14.4. The lowest BCUT2D eigenvalue weighted by Gasteiger charge is -2.20. The van der Waals surface area contributed by atoms with Crippen LogP contribution in [-0.4, -0.2) is 29.6 Å². The van der Waals surface area contributed by atoms with Gasteiger partial charge in [-0.15, -0.1) is 0 Å². The van der Waals surface area contributed by atoms with Crippen molar-refractivity contribution >= 4 is 21.9 Å². The first-order valence-electron chi connectivity index (χ1n) is 5.79. The predicted octanol–water partition coefficient (Wildman–Crippen LogP) is 3.13. The number of rotatable bonds is 6. The van der Waals surface area contributed by atoms with E-state index in [9.17, 15) is 9.18 Å². The third-order valence-corrected chi connectivity index (χ3v) is 3.32. The summed E-state index contributed by atoms with van der Waals surface area (Å²) >= 11 is 3.29. The molecule has 0 saturated heterocycles. The third-order valence-electron chi connectivity index (χ3n) is 2.82. The number of halogens is 2. The van der Waals surface area contributed by atoms with Gasteiger partial charge in [-0.1, -0.05) is 22.9 Å². The first-order chi connectivity index (χ1) is 8.43. The van der Waals surface area contributed by atoms with Crippen LogP contribution in [0.4, 0.5) is 4.39 Å². The molecule has 0 aromatic heterocycles. The maximum absolute atomic E-state index is 13.5. The highest BCUT2D eigenvalue weighted by Gasteiger charge is 2.17. The van der Waals surface area contributed by atoms with E-state index in [-0.39, 0.29) is 5.82 Å². The van der Waals surface area contributed by atoms with Crippen molar-refractivity contribution in [3.05, 3.63) is 34.1 Å². The molecule has 0 aliphatic heterocycles. The first kappa shape index (κ1) is 15.1. The maximum atomic E-state index is 13.5. The number of nitrogens with zero attached hydrogens (tertiary/aromatic N) is 1. The van der Waals surface area contributed by atoms with Gasteiger partial charge in [0.1, 0.15) is 5.82 Å². The summed E-state index contributed by atoms with van der Waals surface area (Å²) in [6, 6.07) is 4.76. The van der Waals surface area contributed by atoms with Gasteiger partial charge in [-0.25, -0.2) is 4.39 Å². The Bertz CT molecular complexity index is 425. The molecular weight excluding hydrogens is 301 g/mol. The molecule has 5 heteroatoms. The van der Waals surface area contributed by atoms with E-state index < -0.39 is 11.9 Å². The predicted molar refractivity (Wildman–Crippen MR) is 71.9 cm³/mol. The van der Waals surface area contributed by atoms with Crippen LogP contribution in [0.1, 0.15) is 18.9 Å². The normalized spacial score (nSPS) is 12.7. The average Bonchev–Trinajstić information content (AvgIpc) is 2.30. The Balaban J connectivity index is 2.66. The quantitative estimate of drug-likeness (QED) is 0.876. The Labute approximate surface area is 115 Å². The van der Waals surface area contributed by atoms with Crippen LogP contribution in [0.25, 0.3) is 0 Å². The molecule has 0 bridgehead atoms. The Morgan fingerprint density at radius 3 is 2.78 bits per heavy atom. The van der Waals surface area contributed by atoms with Gasteiger partial charge >= 0.3 is 5.97 Å². The van der Waals surface area contributed by atoms with Crippen molar-refractivity contribution in [3.63, 3.8) is 0 Å². The molecule has 1 aromatic carbocycles. The van der Waals surface area contributed by atoms with Crippen LogP contribution in [0.2, 0.25) is 0 Å². The maximum Gasteiger partial charge on any atom is 0.307 e. The summed E-state index contributed by atoms with van der Waals surface area (Å²) in [4.78, 5) is 12.8. The van der Waals surface area contributed by atoms with Crippen LogP contribution < -0.4 is 0 Å². The van der Waals surface area contributed by atoms with Gasteiger partial charge in [-0.05, 0) is 31.7 Å². The molecule has 1 N–H and O–H groups in total. The van der Waals surface area contributed by atoms with Gasteiger partial charge in [0.05, 0.1) is 5.92 Å². The molecule has 1 rings (SSSR count). The molecule has 0 heterocycles. The van der Waals surface area contributed by atoms with Crippen LogP contribution in [0.3, 0.4) is 0 Å². The Kier molecular flexibility index (Phi) is 5.75. The van der Waals surface area contributed by atoms with E-state index in [1.807, 2.05) is 11.8 Å². The fraction of sp³-hybridized carbons (Fsp3) is 0.462. The van der Waals surface area contributed by atoms with Gasteiger partial charge in [0.15, 0.2) is 0 Å². The van der Waals surface area contributed by atoms with Crippen molar-refractivity contribution in [2.24, 2.45) is 5.92 Å². The topological polar surface area (TPSA) is 40.5 Å². The summed E-state index contributed by atoms with van der Waals surface area (Å²) in [7, 11) is 1.80. The van der Waals surface area contributed by atoms with E-state index in [0.717, 1.165) is 4.47 Å². The van der Waals surface area contributed by atoms with Crippen LogP contribution in [0.5, 0.6) is 0 Å². The zero-order valence-electron chi connectivity index (χ0n) is 10.5. The second-order valence-electron chi connectivity index (χ2n) is 4.38. The van der Waals surface area contributed by atoms with Gasteiger partial charge in [-0.2, -0.15) is 0 Å². The Hall–Kier alpha value is -0.940. The average molecular weight is 318 g/mol. The van der Waals surface area contributed by atoms with E-state index in [1.165, 1.54) is 6.07 Å². The van der Waals surface area contributed by atoms with E-state index in [1.54, 1.807) is 19.2 Å². The molecule has 18 heavy (non-hydrogen) atoms. The SMILES string of the molecule is CCC(CN(C)Cc1cc(Br)ccc1F)C(=O)O. The van der Waals surface area contributed by atoms with Crippen molar-refractivity contribution < 1.29 is 14.3 Å². The minimum absolute atomic E-state index is 0.270. The Morgan fingerprint density at radius 2 is 2.22 bits per heavy atom. The fourth-order valence-corrected chi connectivity index (χ4v) is 2.19. The second-order valence-corrected chi connectivity index (χ2v) is 5.29. The molecule has 0 aliphatic carbocycles. The smallest absolute Gasteiger partial charge is 0.307 e. The number of carboxylic acids is 1. The summed E-state index contributed by atoms with van der Waals surface area (Å²) in [6.45, 7) is 2.65. The summed E-state index contributed by atoms with van der Waals surface area (Å²) in [5.41, 5.74) is 0.562. The molecule has 100 valence electrons. The third kappa shape index (κ3) is 4.38. The molecule has 0 spiro atoms. The molecule has 0 amide bonds. The number of aliphatic carboxylic acids is 1. The molecule has 0 radical (unpaired) electrons. The van der Waals surface area contributed by atoms with Crippen LogP contribution in [-0.2, 0) is 11.3 Å². The highest BCUT2D eigenvalue weighted by molar-refractivity contribution is 9.10. The highest BCUT2D eigenvalue weighted by atomic mass is 79.9. The first-order valence-corrected chi connectivity index (χ1v) is 6.58. The lowest BCUT2D eigenvalue weighted by atomic mass is 10.1. The fourth-order valence-electron chi connectivity index (χ4n) is 1.78. The van der Waals surface area contributed by atoms with Crippen molar-refractivity contribution in [1.29, 1.82) is 0 Å². The lowest BCUT2D eigenvalue weighted by molar-refractivity contribution is -0.142. The number of hydrogen-bond donors (Lipinski definition) is 1. The molecule has 1 atom stereocenters. The molecule has 1 unspecified atom stereocenters. The molecule has 0 fully saturated rings. The van der Waals surface area contributed by atoms with E-state index in [0.29, 0.717) is 25.1 Å². The molecule has 0 aliphatic rings. The van der Waals surface area contributed by atoms with E-state index >= 15 is 0 Å². The standard InChI is InChI=1S/C13H17BrFNO2/c1-3-9(13(17)18)7-16(2)8-10-6-11(14)4-5-12(10)15/h4-6,9H,3,7-8H2,1-2H3,(H,17,18). The largest absolute Gasteiger partial charge is 0.481 e. The number of hydrogen-bond acceptors (Lipinski definition) is 2. The van der Waals surface area contributed by atoms with Gasteiger partial charge in [0.25, 0.3) is 0 Å². The lowest BCUT2D eigenvalue weighted by Crippen LogP contribution is -2.30. The van der Waals surface area contributed by atoms with Crippen LogP contribution in [0, 0.1) is 11.7 Å². The summed E-state index contributed by atoms with van der Waals surface area (Å²) in [5.74, 6) is -1.49. The zero-order valence-corrected chi connectivity index (χ0v) is 12.1.